The zero-order valence-electron chi connectivity index (χ0n) is 10.6. The Morgan fingerprint density at radius 2 is 2.05 bits per heavy atom. The van der Waals surface area contributed by atoms with E-state index in [1.807, 2.05) is 0 Å². The molecule has 1 aromatic carbocycles. The number of hydrogen-bond acceptors (Lipinski definition) is 4. The smallest absolute Gasteiger partial charge is 0.302 e. The SMILES string of the molecule is CC(=O)OC[C@H](CF)Oc1ccc(Br)cc1C(C)=O. The summed E-state index contributed by atoms with van der Waals surface area (Å²) in [6.07, 6.45) is -0.928. The summed E-state index contributed by atoms with van der Waals surface area (Å²) in [4.78, 5) is 22.2. The van der Waals surface area contributed by atoms with Gasteiger partial charge in [-0.05, 0) is 25.1 Å². The second kappa shape index (κ2) is 7.23. The Morgan fingerprint density at radius 3 is 2.58 bits per heavy atom. The summed E-state index contributed by atoms with van der Waals surface area (Å²) in [5.41, 5.74) is 0.343. The van der Waals surface area contributed by atoms with Crippen molar-refractivity contribution in [2.75, 3.05) is 13.3 Å². The predicted molar refractivity (Wildman–Crippen MR) is 71.2 cm³/mol. The van der Waals surface area contributed by atoms with E-state index in [2.05, 4.69) is 15.9 Å². The minimum absolute atomic E-state index is 0.193. The van der Waals surface area contributed by atoms with Crippen LogP contribution in [0.4, 0.5) is 4.39 Å². The predicted octanol–water partition coefficient (Wildman–Crippen LogP) is 2.93. The topological polar surface area (TPSA) is 52.6 Å². The molecule has 0 spiro atoms. The normalized spacial score (nSPS) is 11.8. The zero-order chi connectivity index (χ0) is 14.4. The highest BCUT2D eigenvalue weighted by Crippen LogP contribution is 2.24. The number of hydrogen-bond donors (Lipinski definition) is 0. The van der Waals surface area contributed by atoms with Gasteiger partial charge >= 0.3 is 5.97 Å². The van der Waals surface area contributed by atoms with Crippen molar-refractivity contribution in [2.45, 2.75) is 20.0 Å². The molecule has 1 aromatic rings. The molecule has 6 heteroatoms. The second-order valence-electron chi connectivity index (χ2n) is 3.89. The molecule has 0 saturated carbocycles. The van der Waals surface area contributed by atoms with E-state index in [1.165, 1.54) is 13.8 Å². The Bertz CT molecular complexity index is 476. The molecular formula is C13H14BrFO4. The molecule has 0 unspecified atom stereocenters. The first-order valence-corrected chi connectivity index (χ1v) is 6.39. The van der Waals surface area contributed by atoms with Crippen molar-refractivity contribution in [3.05, 3.63) is 28.2 Å². The van der Waals surface area contributed by atoms with Gasteiger partial charge in [0.2, 0.25) is 0 Å². The Balaban J connectivity index is 2.84. The number of carbonyl (C=O) groups excluding carboxylic acids is 2. The molecule has 0 bridgehead atoms. The molecule has 0 aliphatic rings. The molecule has 0 radical (unpaired) electrons. The van der Waals surface area contributed by atoms with Crippen LogP contribution in [0.5, 0.6) is 5.75 Å². The lowest BCUT2D eigenvalue weighted by atomic mass is 10.1. The Labute approximate surface area is 119 Å². The fraction of sp³-hybridized carbons (Fsp3) is 0.385. The number of alkyl halides is 1. The summed E-state index contributed by atoms with van der Waals surface area (Å²) in [6.45, 7) is 1.61. The van der Waals surface area contributed by atoms with Gasteiger partial charge in [0.15, 0.2) is 11.9 Å². The molecule has 0 saturated heterocycles. The van der Waals surface area contributed by atoms with Gasteiger partial charge in [-0.2, -0.15) is 0 Å². The minimum atomic E-state index is -0.928. The summed E-state index contributed by atoms with van der Waals surface area (Å²) in [5.74, 6) is -0.434. The molecule has 0 aliphatic carbocycles. The third-order valence-electron chi connectivity index (χ3n) is 2.26. The summed E-state index contributed by atoms with van der Waals surface area (Å²) < 4.78 is 23.6. The average molecular weight is 333 g/mol. The fourth-order valence-corrected chi connectivity index (χ4v) is 1.74. The number of rotatable bonds is 6. The van der Waals surface area contributed by atoms with Gasteiger partial charge in [0.25, 0.3) is 0 Å². The molecule has 0 aliphatic heterocycles. The number of ether oxygens (including phenoxy) is 2. The molecule has 1 atom stereocenters. The highest BCUT2D eigenvalue weighted by Gasteiger charge is 2.16. The van der Waals surface area contributed by atoms with Gasteiger partial charge in [0, 0.05) is 11.4 Å². The van der Waals surface area contributed by atoms with Crippen molar-refractivity contribution < 1.29 is 23.5 Å². The maximum Gasteiger partial charge on any atom is 0.302 e. The number of esters is 1. The number of ketones is 1. The van der Waals surface area contributed by atoms with Crippen molar-refractivity contribution in [3.63, 3.8) is 0 Å². The van der Waals surface area contributed by atoms with E-state index >= 15 is 0 Å². The van der Waals surface area contributed by atoms with E-state index < -0.39 is 18.7 Å². The van der Waals surface area contributed by atoms with E-state index in [9.17, 15) is 14.0 Å². The summed E-state index contributed by atoms with van der Waals surface area (Å²) in [5, 5.41) is 0. The average Bonchev–Trinajstić information content (AvgIpc) is 2.35. The third kappa shape index (κ3) is 4.98. The van der Waals surface area contributed by atoms with Gasteiger partial charge in [-0.25, -0.2) is 4.39 Å². The van der Waals surface area contributed by atoms with Crippen LogP contribution >= 0.6 is 15.9 Å². The lowest BCUT2D eigenvalue weighted by molar-refractivity contribution is -0.143. The molecule has 1 rings (SSSR count). The van der Waals surface area contributed by atoms with Gasteiger partial charge in [0.05, 0.1) is 5.56 Å². The van der Waals surface area contributed by atoms with E-state index in [4.69, 9.17) is 9.47 Å². The van der Waals surface area contributed by atoms with E-state index in [1.54, 1.807) is 18.2 Å². The highest BCUT2D eigenvalue weighted by molar-refractivity contribution is 9.10. The van der Waals surface area contributed by atoms with Crippen LogP contribution in [-0.2, 0) is 9.53 Å². The van der Waals surface area contributed by atoms with E-state index in [-0.39, 0.29) is 18.1 Å². The molecule has 0 N–H and O–H groups in total. The fourth-order valence-electron chi connectivity index (χ4n) is 1.38. The van der Waals surface area contributed by atoms with Crippen LogP contribution in [0.3, 0.4) is 0 Å². The highest BCUT2D eigenvalue weighted by atomic mass is 79.9. The van der Waals surface area contributed by atoms with Crippen LogP contribution in [0.1, 0.15) is 24.2 Å². The van der Waals surface area contributed by atoms with Crippen molar-refractivity contribution >= 4 is 27.7 Å². The molecule has 19 heavy (non-hydrogen) atoms. The Kier molecular flexibility index (Phi) is 5.95. The van der Waals surface area contributed by atoms with Gasteiger partial charge in [-0.1, -0.05) is 15.9 Å². The molecule has 4 nitrogen and oxygen atoms in total. The van der Waals surface area contributed by atoms with Gasteiger partial charge in [-0.15, -0.1) is 0 Å². The molecule has 0 amide bonds. The third-order valence-corrected chi connectivity index (χ3v) is 2.75. The maximum atomic E-state index is 12.8. The summed E-state index contributed by atoms with van der Waals surface area (Å²) in [6, 6.07) is 4.85. The van der Waals surface area contributed by atoms with Gasteiger partial charge in [0.1, 0.15) is 19.0 Å². The van der Waals surface area contributed by atoms with Gasteiger partial charge < -0.3 is 9.47 Å². The molecule has 0 fully saturated rings. The number of Topliss-reactive ketones (excluding diaryl/α,β-unsaturated/α-hetero) is 1. The van der Waals surface area contributed by atoms with Crippen molar-refractivity contribution in [1.82, 2.24) is 0 Å². The van der Waals surface area contributed by atoms with Crippen molar-refractivity contribution in [1.29, 1.82) is 0 Å². The van der Waals surface area contributed by atoms with Crippen LogP contribution in [0.2, 0.25) is 0 Å². The lowest BCUT2D eigenvalue weighted by Crippen LogP contribution is -2.27. The Hall–Kier alpha value is -1.43. The van der Waals surface area contributed by atoms with Crippen LogP contribution < -0.4 is 4.74 Å². The quantitative estimate of drug-likeness (QED) is 0.593. The van der Waals surface area contributed by atoms with E-state index in [0.29, 0.717) is 5.56 Å². The van der Waals surface area contributed by atoms with Crippen LogP contribution in [0, 0.1) is 0 Å². The van der Waals surface area contributed by atoms with Crippen molar-refractivity contribution in [2.24, 2.45) is 0 Å². The summed E-state index contributed by atoms with van der Waals surface area (Å²) >= 11 is 3.25. The first-order chi connectivity index (χ1) is 8.93. The zero-order valence-corrected chi connectivity index (χ0v) is 12.2. The van der Waals surface area contributed by atoms with Gasteiger partial charge in [-0.3, -0.25) is 9.59 Å². The number of carbonyl (C=O) groups is 2. The first-order valence-electron chi connectivity index (χ1n) is 5.60. The first kappa shape index (κ1) is 15.6. The molecule has 104 valence electrons. The van der Waals surface area contributed by atoms with Crippen LogP contribution in [0.25, 0.3) is 0 Å². The second-order valence-corrected chi connectivity index (χ2v) is 4.81. The maximum absolute atomic E-state index is 12.8. The number of benzene rings is 1. The Morgan fingerprint density at radius 1 is 1.37 bits per heavy atom. The minimum Gasteiger partial charge on any atom is -0.483 e. The largest absolute Gasteiger partial charge is 0.483 e. The van der Waals surface area contributed by atoms with Crippen LogP contribution in [-0.4, -0.2) is 31.1 Å². The van der Waals surface area contributed by atoms with Crippen molar-refractivity contribution in [3.8, 4) is 5.75 Å². The lowest BCUT2D eigenvalue weighted by Gasteiger charge is -2.17. The van der Waals surface area contributed by atoms with E-state index in [0.717, 1.165) is 4.47 Å². The van der Waals surface area contributed by atoms with Crippen LogP contribution in [0.15, 0.2) is 22.7 Å². The summed E-state index contributed by atoms with van der Waals surface area (Å²) in [7, 11) is 0. The molecular weight excluding hydrogens is 319 g/mol. The molecule has 0 aromatic heterocycles. The standard InChI is InChI=1S/C13H14BrFO4/c1-8(16)12-5-10(14)3-4-13(12)19-11(6-15)7-18-9(2)17/h3-5,11H,6-7H2,1-2H3/t11-/m0/s1. The molecule has 0 heterocycles. The number of halogens is 2. The monoisotopic (exact) mass is 332 g/mol.